The lowest BCUT2D eigenvalue weighted by atomic mass is 9.93. The van der Waals surface area contributed by atoms with E-state index >= 15 is 0 Å². The number of hydrogen-bond donors (Lipinski definition) is 0. The average molecular weight is 805 g/mol. The van der Waals surface area contributed by atoms with Crippen molar-refractivity contribution in [2.45, 2.75) is 97.7 Å². The number of amides is 2. The zero-order chi connectivity index (χ0) is 52.1. The number of carbonyl (C=O) groups is 5. The molecule has 0 spiro atoms. The molecule has 0 unspecified atom stereocenters. The van der Waals surface area contributed by atoms with E-state index in [2.05, 4.69) is 0 Å². The van der Waals surface area contributed by atoms with Crippen molar-refractivity contribution < 1.29 is 68.8 Å². The number of rotatable bonds is 6. The van der Waals surface area contributed by atoms with Crippen molar-refractivity contribution in [1.82, 2.24) is 9.80 Å². The number of benzene rings is 2. The molecule has 13 nitrogen and oxygen atoms in total. The maximum absolute atomic E-state index is 13.0. The lowest BCUT2D eigenvalue weighted by molar-refractivity contribution is -0.112. The Labute approximate surface area is 353 Å². The van der Waals surface area contributed by atoms with Crippen molar-refractivity contribution in [3.8, 4) is 23.0 Å². The Balaban J connectivity index is 0.000000250. The number of Topliss-reactive ketones (excluding diaryl/α,β-unsaturated/α-hetero) is 2. The van der Waals surface area contributed by atoms with Crippen LogP contribution in [0.15, 0.2) is 35.9 Å². The lowest BCUT2D eigenvalue weighted by Gasteiger charge is -2.32. The summed E-state index contributed by atoms with van der Waals surface area (Å²) >= 11 is 0. The summed E-state index contributed by atoms with van der Waals surface area (Å²) in [7, 11) is -11.2. The third kappa shape index (κ3) is 12.2. The SMILES string of the molecule is CC(C)(C)OC(=O)N1CCC(C=O)CC1.[2H]C([2H])([2H])Oc1cc2c(cc1OC([2H])([2H])[2H])C(=O)/C(=C\C1CCN(C(=O)OC(C)(C)C)CC1)C2.[2H]C([2H])([2H])Oc1cc2c(cc1OC([2H])([2H])[2H])C(=O)CC2. The maximum Gasteiger partial charge on any atom is 0.410 e. The first-order chi connectivity index (χ1) is 31.5. The molecule has 0 radical (unpaired) electrons. The molecule has 2 heterocycles. The van der Waals surface area contributed by atoms with E-state index in [0.29, 0.717) is 74.1 Å². The van der Waals surface area contributed by atoms with Gasteiger partial charge in [-0.3, -0.25) is 9.59 Å². The smallest absolute Gasteiger partial charge is 0.410 e. The first-order valence-electron chi connectivity index (χ1n) is 24.8. The number of ether oxygens (including phenoxy) is 6. The Morgan fingerprint density at radius 1 is 0.649 bits per heavy atom. The Kier molecular flexibility index (Phi) is 10.2. The molecule has 0 atom stereocenters. The predicted molar refractivity (Wildman–Crippen MR) is 215 cm³/mol. The maximum atomic E-state index is 13.0. The number of likely N-dealkylation sites (tertiary alicyclic amines) is 2. The highest BCUT2D eigenvalue weighted by Crippen LogP contribution is 2.38. The standard InChI is InChI=1S/C22H29NO5.C11H19NO3.C11H12O3/c1-22(2,3)28-21(25)23-8-6-14(7-9-23)10-16-11-15-12-18(26-4)19(27-5)13-17(15)20(16)24;1-11(2,3)15-10(14)12-6-4-9(8-13)5-7-12;1-13-10-5-7-3-4-9(12)8(7)6-11(10)14-2/h10,12-14H,6-9,11H2,1-5H3;8-9H,4-7H2,1-3H3;5-6H,3-4H2,1-2H3/b16-10-;;/i4D3,5D3;;1D3,2D3. The minimum atomic E-state index is -2.84. The van der Waals surface area contributed by atoms with Crippen molar-refractivity contribution >= 4 is 30.0 Å². The quantitative estimate of drug-likeness (QED) is 0.209. The van der Waals surface area contributed by atoms with Gasteiger partial charge >= 0.3 is 12.2 Å². The Morgan fingerprint density at radius 3 is 1.54 bits per heavy atom. The Bertz CT molecular complexity index is 2230. The number of carbonyl (C=O) groups excluding carboxylic acids is 5. The number of allylic oxidation sites excluding steroid dienone is 2. The molecule has 6 rings (SSSR count). The number of ketones is 2. The van der Waals surface area contributed by atoms with Gasteiger partial charge in [0.05, 0.1) is 44.6 Å². The van der Waals surface area contributed by atoms with Crippen LogP contribution in [-0.4, -0.2) is 105 Å². The molecule has 2 aromatic rings. The van der Waals surface area contributed by atoms with Crippen molar-refractivity contribution in [3.63, 3.8) is 0 Å². The van der Waals surface area contributed by atoms with Gasteiger partial charge in [0.25, 0.3) is 0 Å². The van der Waals surface area contributed by atoms with E-state index in [9.17, 15) is 24.0 Å². The number of hydrogen-bond acceptors (Lipinski definition) is 11. The van der Waals surface area contributed by atoms with Crippen LogP contribution in [0.5, 0.6) is 23.0 Å². The largest absolute Gasteiger partial charge is 0.493 e. The molecular weight excluding hydrogens is 732 g/mol. The minimum Gasteiger partial charge on any atom is -0.493 e. The van der Waals surface area contributed by atoms with Gasteiger partial charge in [-0.15, -0.1) is 0 Å². The van der Waals surface area contributed by atoms with E-state index in [1.165, 1.54) is 24.3 Å². The molecule has 0 bridgehead atoms. The van der Waals surface area contributed by atoms with Crippen LogP contribution < -0.4 is 18.9 Å². The van der Waals surface area contributed by atoms with Crippen LogP contribution in [0.2, 0.25) is 0 Å². The van der Waals surface area contributed by atoms with Crippen LogP contribution in [0.25, 0.3) is 0 Å². The van der Waals surface area contributed by atoms with E-state index in [-0.39, 0.29) is 70.6 Å². The molecule has 57 heavy (non-hydrogen) atoms. The van der Waals surface area contributed by atoms with Crippen molar-refractivity contribution in [2.75, 3.05) is 54.3 Å². The predicted octanol–water partition coefficient (Wildman–Crippen LogP) is 7.68. The van der Waals surface area contributed by atoms with Crippen molar-refractivity contribution in [1.29, 1.82) is 0 Å². The molecule has 2 saturated heterocycles. The van der Waals surface area contributed by atoms with Crippen molar-refractivity contribution in [3.05, 3.63) is 58.2 Å². The number of nitrogens with zero attached hydrogens (tertiary/aromatic N) is 2. The topological polar surface area (TPSA) is 147 Å². The summed E-state index contributed by atoms with van der Waals surface area (Å²) in [6.45, 7) is 13.3. The van der Waals surface area contributed by atoms with Gasteiger partial charge in [0.15, 0.2) is 34.6 Å². The fourth-order valence-corrected chi connectivity index (χ4v) is 6.73. The summed E-state index contributed by atoms with van der Waals surface area (Å²) < 4.78 is 116. The lowest BCUT2D eigenvalue weighted by Crippen LogP contribution is -2.41. The molecule has 2 aliphatic carbocycles. The fourth-order valence-electron chi connectivity index (χ4n) is 6.73. The Morgan fingerprint density at radius 2 is 1.09 bits per heavy atom. The van der Waals surface area contributed by atoms with E-state index in [0.717, 1.165) is 19.1 Å². The van der Waals surface area contributed by atoms with Gasteiger partial charge in [0.1, 0.15) is 17.5 Å². The second-order valence-electron chi connectivity index (χ2n) is 16.2. The highest BCUT2D eigenvalue weighted by Gasteiger charge is 2.31. The molecule has 2 fully saturated rings. The van der Waals surface area contributed by atoms with Gasteiger partial charge in [-0.1, -0.05) is 6.08 Å². The molecule has 2 aromatic carbocycles. The van der Waals surface area contributed by atoms with E-state index < -0.39 is 39.4 Å². The molecule has 13 heteroatoms. The van der Waals surface area contributed by atoms with Gasteiger partial charge in [-0.2, -0.15) is 0 Å². The summed E-state index contributed by atoms with van der Waals surface area (Å²) in [6.07, 6.45) is 6.14. The third-order valence-corrected chi connectivity index (χ3v) is 9.63. The number of fused-ring (bicyclic) bond motifs is 2. The highest BCUT2D eigenvalue weighted by molar-refractivity contribution is 6.13. The number of aryl methyl sites for hydroxylation is 1. The molecule has 0 N–H and O–H groups in total. The first-order valence-corrected chi connectivity index (χ1v) is 18.8. The molecule has 312 valence electrons. The zero-order valence-corrected chi connectivity index (χ0v) is 33.3. The summed E-state index contributed by atoms with van der Waals surface area (Å²) in [6, 6.07) is 5.18. The number of methoxy groups -OCH3 is 4. The second kappa shape index (κ2) is 19.4. The first kappa shape index (κ1) is 30.1. The minimum absolute atomic E-state index is 0.0862. The van der Waals surface area contributed by atoms with Crippen LogP contribution in [-0.2, 0) is 27.1 Å². The average Bonchev–Trinajstić information content (AvgIpc) is 3.68. The molecule has 0 saturated carbocycles. The van der Waals surface area contributed by atoms with Crippen LogP contribution in [0, 0.1) is 11.8 Å². The Hall–Kier alpha value is -5.07. The summed E-state index contributed by atoms with van der Waals surface area (Å²) in [5.74, 6) is -1.24. The summed E-state index contributed by atoms with van der Waals surface area (Å²) in [5, 5.41) is 0. The van der Waals surface area contributed by atoms with Gasteiger partial charge in [0.2, 0.25) is 0 Å². The number of aldehydes is 1. The normalized spacial score (nSPS) is 21.7. The molecule has 2 aliphatic heterocycles. The van der Waals surface area contributed by atoms with E-state index in [4.69, 9.17) is 44.9 Å². The molecule has 0 aromatic heterocycles. The zero-order valence-electron chi connectivity index (χ0n) is 45.3. The van der Waals surface area contributed by atoms with Crippen LogP contribution in [0.3, 0.4) is 0 Å². The highest BCUT2D eigenvalue weighted by atomic mass is 16.6. The summed E-state index contributed by atoms with van der Waals surface area (Å²) in [4.78, 5) is 62.4. The van der Waals surface area contributed by atoms with E-state index in [1.54, 1.807) is 9.80 Å². The van der Waals surface area contributed by atoms with Gasteiger partial charge in [-0.05, 0) is 115 Å². The van der Waals surface area contributed by atoms with Crippen LogP contribution in [0.1, 0.15) is 122 Å². The molecular formula is C44H60N2O11. The van der Waals surface area contributed by atoms with Crippen LogP contribution in [0.4, 0.5) is 9.59 Å². The third-order valence-electron chi connectivity index (χ3n) is 9.63. The second-order valence-corrected chi connectivity index (χ2v) is 16.2. The van der Waals surface area contributed by atoms with Gasteiger partial charge in [-0.25, -0.2) is 9.59 Å². The van der Waals surface area contributed by atoms with Crippen molar-refractivity contribution in [2.24, 2.45) is 11.8 Å². The number of piperidine rings is 2. The van der Waals surface area contributed by atoms with E-state index in [1.807, 2.05) is 47.6 Å². The van der Waals surface area contributed by atoms with Gasteiger partial charge < -0.3 is 43.0 Å². The molecule has 2 amide bonds. The summed E-state index contributed by atoms with van der Waals surface area (Å²) in [5.41, 5.74) is 1.31. The van der Waals surface area contributed by atoms with Gasteiger partial charge in [0, 0.05) is 61.6 Å². The van der Waals surface area contributed by atoms with Crippen LogP contribution >= 0.6 is 0 Å². The monoisotopic (exact) mass is 804 g/mol. The fraction of sp³-hybridized carbons (Fsp3) is 0.568. The molecule has 4 aliphatic rings.